The van der Waals surface area contributed by atoms with Crippen molar-refractivity contribution in [3.8, 4) is 22.9 Å². The van der Waals surface area contributed by atoms with E-state index in [1.165, 1.54) is 11.8 Å². The van der Waals surface area contributed by atoms with Crippen molar-refractivity contribution in [1.29, 1.82) is 0 Å². The molecule has 3 aromatic rings. The van der Waals surface area contributed by atoms with Gasteiger partial charge in [-0.15, -0.1) is 10.2 Å². The molecule has 0 spiro atoms. The number of aromatic nitrogens is 3. The average molecular weight is 398 g/mol. The maximum atomic E-state index is 12.6. The number of hydrogen-bond donors (Lipinski definition) is 1. The zero-order chi connectivity index (χ0) is 20.1. The molecular weight excluding hydrogens is 376 g/mol. The topological polar surface area (TPSA) is 78.3 Å². The van der Waals surface area contributed by atoms with Crippen LogP contribution in [0.3, 0.4) is 0 Å². The third-order valence-electron chi connectivity index (χ3n) is 4.20. The number of carbonyl (C=O) groups excluding carboxylic acids is 1. The summed E-state index contributed by atoms with van der Waals surface area (Å²) < 4.78 is 12.3. The van der Waals surface area contributed by atoms with E-state index >= 15 is 0 Å². The van der Waals surface area contributed by atoms with E-state index in [0.29, 0.717) is 16.6 Å². The fourth-order valence-electron chi connectivity index (χ4n) is 2.60. The molecule has 0 saturated carbocycles. The highest BCUT2D eigenvalue weighted by Gasteiger charge is 2.20. The van der Waals surface area contributed by atoms with Gasteiger partial charge in [0.05, 0.1) is 25.2 Å². The summed E-state index contributed by atoms with van der Waals surface area (Å²) in [6, 6.07) is 14.9. The molecule has 0 fully saturated rings. The number of thioether (sulfide) groups is 1. The lowest BCUT2D eigenvalue weighted by Gasteiger charge is -2.13. The Bertz CT molecular complexity index is 956. The minimum Gasteiger partial charge on any atom is -0.497 e. The molecule has 1 atom stereocenters. The fraction of sp³-hybridized carbons (Fsp3) is 0.250. The molecule has 146 valence electrons. The van der Waals surface area contributed by atoms with Crippen LogP contribution < -0.4 is 14.8 Å². The van der Waals surface area contributed by atoms with Crippen LogP contribution in [0.25, 0.3) is 11.4 Å². The molecule has 1 heterocycles. The van der Waals surface area contributed by atoms with E-state index in [9.17, 15) is 4.79 Å². The molecule has 8 heteroatoms. The van der Waals surface area contributed by atoms with E-state index in [0.717, 1.165) is 17.1 Å². The second-order valence-corrected chi connectivity index (χ2v) is 7.35. The minimum atomic E-state index is -0.364. The standard InChI is InChI=1S/C20H22N4O3S/c1-13(19(25)21-16-7-5-6-8-17(16)27-4)28-20-23-22-18(24(20)2)14-9-11-15(26-3)12-10-14/h5-13H,1-4H3,(H,21,25)/t13-/m0/s1. The third-order valence-corrected chi connectivity index (χ3v) is 5.33. The van der Waals surface area contributed by atoms with Gasteiger partial charge in [-0.3, -0.25) is 4.79 Å². The SMILES string of the molecule is COc1ccc(-c2nnc(S[C@@H](C)C(=O)Nc3ccccc3OC)n2C)cc1. The molecule has 2 aromatic carbocycles. The van der Waals surface area contributed by atoms with Gasteiger partial charge in [0, 0.05) is 12.6 Å². The normalized spacial score (nSPS) is 11.7. The van der Waals surface area contributed by atoms with E-state index in [4.69, 9.17) is 9.47 Å². The van der Waals surface area contributed by atoms with Crippen molar-refractivity contribution in [3.63, 3.8) is 0 Å². The van der Waals surface area contributed by atoms with Gasteiger partial charge in [0.25, 0.3) is 0 Å². The lowest BCUT2D eigenvalue weighted by Crippen LogP contribution is -2.23. The van der Waals surface area contributed by atoms with Crippen molar-refractivity contribution < 1.29 is 14.3 Å². The Kier molecular flexibility index (Phi) is 6.20. The van der Waals surface area contributed by atoms with Crippen molar-refractivity contribution in [1.82, 2.24) is 14.8 Å². The van der Waals surface area contributed by atoms with Gasteiger partial charge in [-0.2, -0.15) is 0 Å². The number of hydrogen-bond acceptors (Lipinski definition) is 6. The van der Waals surface area contributed by atoms with Gasteiger partial charge in [-0.25, -0.2) is 0 Å². The lowest BCUT2D eigenvalue weighted by molar-refractivity contribution is -0.115. The highest BCUT2D eigenvalue weighted by Crippen LogP contribution is 2.28. The molecule has 1 N–H and O–H groups in total. The van der Waals surface area contributed by atoms with E-state index in [2.05, 4.69) is 15.5 Å². The Morgan fingerprint density at radius 1 is 1.07 bits per heavy atom. The number of nitrogens with one attached hydrogen (secondary N) is 1. The largest absolute Gasteiger partial charge is 0.497 e. The number of benzene rings is 2. The van der Waals surface area contributed by atoms with Gasteiger partial charge in [0.2, 0.25) is 5.91 Å². The van der Waals surface area contributed by atoms with Crippen LogP contribution in [-0.4, -0.2) is 40.1 Å². The number of para-hydroxylation sites is 2. The van der Waals surface area contributed by atoms with Gasteiger partial charge in [0.1, 0.15) is 11.5 Å². The Hall–Kier alpha value is -3.00. The number of amides is 1. The minimum absolute atomic E-state index is 0.136. The van der Waals surface area contributed by atoms with E-state index in [1.807, 2.05) is 54.9 Å². The van der Waals surface area contributed by atoms with Crippen LogP contribution in [-0.2, 0) is 11.8 Å². The molecule has 3 rings (SSSR count). The van der Waals surface area contributed by atoms with Crippen LogP contribution in [0.1, 0.15) is 6.92 Å². The second kappa shape index (κ2) is 8.79. The Balaban J connectivity index is 1.71. The predicted octanol–water partition coefficient (Wildman–Crippen LogP) is 3.62. The number of ether oxygens (including phenoxy) is 2. The summed E-state index contributed by atoms with van der Waals surface area (Å²) in [6.07, 6.45) is 0. The first-order chi connectivity index (χ1) is 13.5. The molecule has 1 amide bonds. The van der Waals surface area contributed by atoms with Crippen molar-refractivity contribution in [3.05, 3.63) is 48.5 Å². The molecule has 0 saturated heterocycles. The number of anilines is 1. The van der Waals surface area contributed by atoms with E-state index < -0.39 is 0 Å². The highest BCUT2D eigenvalue weighted by atomic mass is 32.2. The fourth-order valence-corrected chi connectivity index (χ4v) is 3.42. The van der Waals surface area contributed by atoms with Crippen LogP contribution in [0.2, 0.25) is 0 Å². The summed E-state index contributed by atoms with van der Waals surface area (Å²) in [6.45, 7) is 1.83. The van der Waals surface area contributed by atoms with E-state index in [-0.39, 0.29) is 11.2 Å². The van der Waals surface area contributed by atoms with Crippen LogP contribution in [0.4, 0.5) is 5.69 Å². The number of carbonyl (C=O) groups is 1. The lowest BCUT2D eigenvalue weighted by atomic mass is 10.2. The summed E-state index contributed by atoms with van der Waals surface area (Å²) in [5.41, 5.74) is 1.56. The van der Waals surface area contributed by atoms with Gasteiger partial charge >= 0.3 is 0 Å². The summed E-state index contributed by atoms with van der Waals surface area (Å²) in [5, 5.41) is 11.7. The molecule has 7 nitrogen and oxygen atoms in total. The van der Waals surface area contributed by atoms with Gasteiger partial charge < -0.3 is 19.4 Å². The predicted molar refractivity (Wildman–Crippen MR) is 110 cm³/mol. The summed E-state index contributed by atoms with van der Waals surface area (Å²) in [7, 11) is 5.08. The van der Waals surface area contributed by atoms with Crippen molar-refractivity contribution in [2.24, 2.45) is 7.05 Å². The molecule has 0 aliphatic heterocycles. The van der Waals surface area contributed by atoms with Crippen LogP contribution in [0.15, 0.2) is 53.7 Å². The Morgan fingerprint density at radius 3 is 2.46 bits per heavy atom. The van der Waals surface area contributed by atoms with Crippen LogP contribution in [0.5, 0.6) is 11.5 Å². The third kappa shape index (κ3) is 4.28. The van der Waals surface area contributed by atoms with Gasteiger partial charge in [-0.1, -0.05) is 23.9 Å². The molecule has 28 heavy (non-hydrogen) atoms. The first kappa shape index (κ1) is 19.8. The first-order valence-corrected chi connectivity index (χ1v) is 9.55. The average Bonchev–Trinajstić information content (AvgIpc) is 3.08. The summed E-state index contributed by atoms with van der Waals surface area (Å²) in [5.74, 6) is 1.99. The van der Waals surface area contributed by atoms with E-state index in [1.54, 1.807) is 26.4 Å². The molecular formula is C20H22N4O3S. The molecule has 0 unspecified atom stereocenters. The maximum absolute atomic E-state index is 12.6. The molecule has 0 bridgehead atoms. The molecule has 0 radical (unpaired) electrons. The van der Waals surface area contributed by atoms with Crippen LogP contribution in [0, 0.1) is 0 Å². The number of nitrogens with zero attached hydrogens (tertiary/aromatic N) is 3. The van der Waals surface area contributed by atoms with Crippen molar-refractivity contribution in [2.75, 3.05) is 19.5 Å². The number of methoxy groups -OCH3 is 2. The Labute approximate surface area is 168 Å². The zero-order valence-corrected chi connectivity index (χ0v) is 17.0. The summed E-state index contributed by atoms with van der Waals surface area (Å²) in [4.78, 5) is 12.6. The smallest absolute Gasteiger partial charge is 0.237 e. The molecule has 1 aromatic heterocycles. The van der Waals surface area contributed by atoms with Crippen LogP contribution >= 0.6 is 11.8 Å². The highest BCUT2D eigenvalue weighted by molar-refractivity contribution is 8.00. The quantitative estimate of drug-likeness (QED) is 0.613. The Morgan fingerprint density at radius 2 is 1.79 bits per heavy atom. The first-order valence-electron chi connectivity index (χ1n) is 8.68. The monoisotopic (exact) mass is 398 g/mol. The number of rotatable bonds is 7. The van der Waals surface area contributed by atoms with Gasteiger partial charge in [-0.05, 0) is 43.3 Å². The second-order valence-electron chi connectivity index (χ2n) is 6.04. The molecule has 0 aliphatic rings. The van der Waals surface area contributed by atoms with Crippen molar-refractivity contribution >= 4 is 23.4 Å². The van der Waals surface area contributed by atoms with Gasteiger partial charge in [0.15, 0.2) is 11.0 Å². The zero-order valence-electron chi connectivity index (χ0n) is 16.2. The molecule has 0 aliphatic carbocycles. The maximum Gasteiger partial charge on any atom is 0.237 e. The van der Waals surface area contributed by atoms with Crippen molar-refractivity contribution in [2.45, 2.75) is 17.3 Å². The summed E-state index contributed by atoms with van der Waals surface area (Å²) >= 11 is 1.35.